The van der Waals surface area contributed by atoms with Crippen molar-refractivity contribution in [1.29, 1.82) is 0 Å². The fraction of sp³-hybridized carbons (Fsp3) is 1.00. The molecule has 2 aliphatic heterocycles. The zero-order valence-corrected chi connectivity index (χ0v) is 11.1. The maximum atomic E-state index is 5.52. The third kappa shape index (κ3) is 2.58. The second-order valence-electron chi connectivity index (χ2n) is 6.15. The van der Waals surface area contributed by atoms with E-state index in [1.165, 1.54) is 26.2 Å². The second-order valence-corrected chi connectivity index (χ2v) is 6.15. The molecule has 2 fully saturated rings. The lowest BCUT2D eigenvalue weighted by molar-refractivity contribution is -0.00416. The van der Waals surface area contributed by atoms with Gasteiger partial charge in [-0.1, -0.05) is 0 Å². The van der Waals surface area contributed by atoms with Crippen LogP contribution in [-0.2, 0) is 4.74 Å². The highest BCUT2D eigenvalue weighted by Crippen LogP contribution is 2.30. The van der Waals surface area contributed by atoms with Gasteiger partial charge in [-0.2, -0.15) is 0 Å². The fourth-order valence-electron chi connectivity index (χ4n) is 3.18. The molecule has 16 heavy (non-hydrogen) atoms. The van der Waals surface area contributed by atoms with Crippen molar-refractivity contribution >= 4 is 0 Å². The highest BCUT2D eigenvalue weighted by molar-refractivity contribution is 4.93. The quantitative estimate of drug-likeness (QED) is 0.783. The highest BCUT2D eigenvalue weighted by Gasteiger charge is 2.38. The average molecular weight is 226 g/mol. The molecular formula is C13H26N2O. The van der Waals surface area contributed by atoms with Gasteiger partial charge >= 0.3 is 0 Å². The van der Waals surface area contributed by atoms with Gasteiger partial charge in [0.25, 0.3) is 0 Å². The van der Waals surface area contributed by atoms with E-state index in [-0.39, 0.29) is 5.60 Å². The summed E-state index contributed by atoms with van der Waals surface area (Å²) in [6, 6.07) is 0.639. The smallest absolute Gasteiger partial charge is 0.0637 e. The Bertz CT molecular complexity index is 230. The standard InChI is InChI=1S/C13H26N2O/c1-10(5-13(2,3)16-4)15-8-11-6-14-7-12(11)9-15/h10-12,14H,5-9H2,1-4H3/t10?,11-,12+. The zero-order valence-electron chi connectivity index (χ0n) is 11.1. The van der Waals surface area contributed by atoms with Gasteiger partial charge in [-0.3, -0.25) is 4.90 Å². The first kappa shape index (κ1) is 12.3. The van der Waals surface area contributed by atoms with E-state index in [0.717, 1.165) is 18.3 Å². The molecule has 0 aromatic rings. The predicted molar refractivity (Wildman–Crippen MR) is 66.6 cm³/mol. The molecule has 0 bridgehead atoms. The van der Waals surface area contributed by atoms with Crippen LogP contribution in [0.15, 0.2) is 0 Å². The van der Waals surface area contributed by atoms with Gasteiger partial charge in [-0.25, -0.2) is 0 Å². The molecule has 0 spiro atoms. The van der Waals surface area contributed by atoms with Gasteiger partial charge in [0, 0.05) is 26.2 Å². The van der Waals surface area contributed by atoms with Crippen LogP contribution < -0.4 is 5.32 Å². The predicted octanol–water partition coefficient (Wildman–Crippen LogP) is 1.34. The number of fused-ring (bicyclic) bond motifs is 1. The minimum Gasteiger partial charge on any atom is -0.379 e. The van der Waals surface area contributed by atoms with E-state index in [1.807, 2.05) is 7.11 Å². The Morgan fingerprint density at radius 1 is 1.31 bits per heavy atom. The molecule has 94 valence electrons. The Hall–Kier alpha value is -0.120. The third-order valence-electron chi connectivity index (χ3n) is 4.38. The fourth-order valence-corrected chi connectivity index (χ4v) is 3.18. The zero-order chi connectivity index (χ0) is 11.8. The van der Waals surface area contributed by atoms with Gasteiger partial charge in [0.15, 0.2) is 0 Å². The van der Waals surface area contributed by atoms with Gasteiger partial charge < -0.3 is 10.1 Å². The lowest BCUT2D eigenvalue weighted by atomic mass is 9.99. The highest BCUT2D eigenvalue weighted by atomic mass is 16.5. The van der Waals surface area contributed by atoms with Crippen LogP contribution in [0, 0.1) is 11.8 Å². The monoisotopic (exact) mass is 226 g/mol. The van der Waals surface area contributed by atoms with Gasteiger partial charge in [0.2, 0.25) is 0 Å². The summed E-state index contributed by atoms with van der Waals surface area (Å²) in [5.74, 6) is 1.79. The third-order valence-corrected chi connectivity index (χ3v) is 4.38. The SMILES string of the molecule is COC(C)(C)CC(C)N1C[C@H]2CNC[C@H]2C1. The van der Waals surface area contributed by atoms with Crippen molar-refractivity contribution in [3.63, 3.8) is 0 Å². The van der Waals surface area contributed by atoms with E-state index >= 15 is 0 Å². The molecule has 2 aliphatic rings. The molecule has 0 aromatic carbocycles. The molecule has 2 heterocycles. The molecule has 0 aliphatic carbocycles. The molecule has 1 unspecified atom stereocenters. The first-order valence-corrected chi connectivity index (χ1v) is 6.52. The normalized spacial score (nSPS) is 33.0. The number of hydrogen-bond donors (Lipinski definition) is 1. The van der Waals surface area contributed by atoms with Crippen molar-refractivity contribution in [2.24, 2.45) is 11.8 Å². The maximum Gasteiger partial charge on any atom is 0.0637 e. The maximum absolute atomic E-state index is 5.52. The van der Waals surface area contributed by atoms with Gasteiger partial charge in [-0.15, -0.1) is 0 Å². The molecule has 0 aromatic heterocycles. The van der Waals surface area contributed by atoms with Crippen LogP contribution in [0.25, 0.3) is 0 Å². The van der Waals surface area contributed by atoms with Crippen molar-refractivity contribution in [2.75, 3.05) is 33.3 Å². The van der Waals surface area contributed by atoms with E-state index in [0.29, 0.717) is 6.04 Å². The van der Waals surface area contributed by atoms with Crippen LogP contribution in [0.1, 0.15) is 27.2 Å². The number of nitrogens with one attached hydrogen (secondary N) is 1. The Morgan fingerprint density at radius 2 is 1.88 bits per heavy atom. The molecule has 3 nitrogen and oxygen atoms in total. The molecule has 0 saturated carbocycles. The summed E-state index contributed by atoms with van der Waals surface area (Å²) in [6.07, 6.45) is 1.12. The first-order valence-electron chi connectivity index (χ1n) is 6.52. The Balaban J connectivity index is 1.85. The van der Waals surface area contributed by atoms with E-state index in [9.17, 15) is 0 Å². The number of likely N-dealkylation sites (tertiary alicyclic amines) is 1. The molecule has 2 saturated heterocycles. The number of methoxy groups -OCH3 is 1. The second kappa shape index (κ2) is 4.63. The molecule has 0 radical (unpaired) electrons. The van der Waals surface area contributed by atoms with Crippen LogP contribution in [0.5, 0.6) is 0 Å². The van der Waals surface area contributed by atoms with Crippen LogP contribution in [0.2, 0.25) is 0 Å². The van der Waals surface area contributed by atoms with E-state index in [2.05, 4.69) is 31.0 Å². The minimum absolute atomic E-state index is 0.00929. The van der Waals surface area contributed by atoms with Crippen molar-refractivity contribution in [3.8, 4) is 0 Å². The Labute approximate surface area is 99.5 Å². The van der Waals surface area contributed by atoms with Crippen molar-refractivity contribution < 1.29 is 4.74 Å². The molecule has 2 rings (SSSR count). The van der Waals surface area contributed by atoms with Crippen LogP contribution >= 0.6 is 0 Å². The van der Waals surface area contributed by atoms with Crippen LogP contribution in [-0.4, -0.2) is 49.8 Å². The number of ether oxygens (including phenoxy) is 1. The summed E-state index contributed by atoms with van der Waals surface area (Å²) < 4.78 is 5.52. The van der Waals surface area contributed by atoms with Gasteiger partial charge in [0.05, 0.1) is 5.60 Å². The molecule has 1 N–H and O–H groups in total. The molecular weight excluding hydrogens is 200 g/mol. The average Bonchev–Trinajstić information content (AvgIpc) is 2.75. The first-order chi connectivity index (χ1) is 7.52. The molecule has 0 amide bonds. The van der Waals surface area contributed by atoms with Crippen LogP contribution in [0.3, 0.4) is 0 Å². The summed E-state index contributed by atoms with van der Waals surface area (Å²) in [5.41, 5.74) is 0.00929. The largest absolute Gasteiger partial charge is 0.379 e. The minimum atomic E-state index is 0.00929. The lowest BCUT2D eigenvalue weighted by Gasteiger charge is -2.32. The Morgan fingerprint density at radius 3 is 2.38 bits per heavy atom. The number of rotatable bonds is 4. The topological polar surface area (TPSA) is 24.5 Å². The summed E-state index contributed by atoms with van der Waals surface area (Å²) in [7, 11) is 1.81. The lowest BCUT2D eigenvalue weighted by Crippen LogP contribution is -2.39. The van der Waals surface area contributed by atoms with Gasteiger partial charge in [0.1, 0.15) is 0 Å². The van der Waals surface area contributed by atoms with E-state index in [4.69, 9.17) is 4.74 Å². The molecule has 3 heteroatoms. The van der Waals surface area contributed by atoms with Crippen molar-refractivity contribution in [1.82, 2.24) is 10.2 Å². The van der Waals surface area contributed by atoms with Gasteiger partial charge in [-0.05, 0) is 52.1 Å². The van der Waals surface area contributed by atoms with E-state index in [1.54, 1.807) is 0 Å². The number of nitrogens with zero attached hydrogens (tertiary/aromatic N) is 1. The summed E-state index contributed by atoms with van der Waals surface area (Å²) >= 11 is 0. The summed E-state index contributed by atoms with van der Waals surface area (Å²) in [5, 5.41) is 3.49. The van der Waals surface area contributed by atoms with Crippen molar-refractivity contribution in [3.05, 3.63) is 0 Å². The Kier molecular flexibility index (Phi) is 3.57. The van der Waals surface area contributed by atoms with Crippen LogP contribution in [0.4, 0.5) is 0 Å². The summed E-state index contributed by atoms with van der Waals surface area (Å²) in [6.45, 7) is 11.7. The summed E-state index contributed by atoms with van der Waals surface area (Å²) in [4.78, 5) is 2.65. The molecule has 3 atom stereocenters. The van der Waals surface area contributed by atoms with E-state index < -0.39 is 0 Å². The number of hydrogen-bond acceptors (Lipinski definition) is 3. The van der Waals surface area contributed by atoms with Crippen molar-refractivity contribution in [2.45, 2.75) is 38.8 Å².